The SMILES string of the molecule is Cc1nc(N)c2c(n1)c(C)nn2-c1ccc(NC(=O)C(O)c2cc(F)cc(Cl)c2)cc1C. The molecule has 10 heteroatoms. The molecule has 0 bridgehead atoms. The van der Waals surface area contributed by atoms with E-state index in [4.69, 9.17) is 17.3 Å². The van der Waals surface area contributed by atoms with E-state index < -0.39 is 17.8 Å². The van der Waals surface area contributed by atoms with Crippen molar-refractivity contribution in [1.29, 1.82) is 0 Å². The molecule has 4 N–H and O–H groups in total. The highest BCUT2D eigenvalue weighted by atomic mass is 35.5. The number of hydrogen-bond acceptors (Lipinski definition) is 6. The van der Waals surface area contributed by atoms with E-state index in [1.54, 1.807) is 29.8 Å². The number of amides is 1. The zero-order valence-corrected chi connectivity index (χ0v) is 18.3. The predicted octanol–water partition coefficient (Wildman–Crippen LogP) is 3.79. The maximum atomic E-state index is 13.5. The van der Waals surface area contributed by atoms with Gasteiger partial charge in [0.15, 0.2) is 11.9 Å². The Labute approximate surface area is 187 Å². The molecule has 2 aromatic heterocycles. The number of nitrogens with one attached hydrogen (secondary N) is 1. The number of aryl methyl sites for hydroxylation is 3. The molecule has 0 aliphatic rings. The molecule has 0 radical (unpaired) electrons. The van der Waals surface area contributed by atoms with Gasteiger partial charge in [-0.1, -0.05) is 11.6 Å². The monoisotopic (exact) mass is 454 g/mol. The molecule has 1 atom stereocenters. The molecule has 1 amide bonds. The highest BCUT2D eigenvalue weighted by Crippen LogP contribution is 2.28. The van der Waals surface area contributed by atoms with E-state index in [0.717, 1.165) is 23.4 Å². The van der Waals surface area contributed by atoms with Gasteiger partial charge >= 0.3 is 0 Å². The van der Waals surface area contributed by atoms with Crippen LogP contribution in [0.1, 0.15) is 28.7 Å². The third kappa shape index (κ3) is 4.00. The largest absolute Gasteiger partial charge is 0.382 e. The van der Waals surface area contributed by atoms with Gasteiger partial charge in [-0.15, -0.1) is 0 Å². The Hall–Kier alpha value is -3.56. The van der Waals surface area contributed by atoms with Crippen molar-refractivity contribution in [3.8, 4) is 5.69 Å². The Morgan fingerprint density at radius 2 is 1.94 bits per heavy atom. The Morgan fingerprint density at radius 3 is 2.62 bits per heavy atom. The normalized spacial score (nSPS) is 12.2. The Morgan fingerprint density at radius 1 is 1.19 bits per heavy atom. The molecule has 0 spiro atoms. The summed E-state index contributed by atoms with van der Waals surface area (Å²) in [7, 11) is 0. The highest BCUT2D eigenvalue weighted by molar-refractivity contribution is 6.30. The van der Waals surface area contributed by atoms with Crippen LogP contribution >= 0.6 is 11.6 Å². The average Bonchev–Trinajstić information content (AvgIpc) is 3.03. The number of aliphatic hydroxyl groups is 1. The number of hydrogen-bond donors (Lipinski definition) is 3. The van der Waals surface area contributed by atoms with E-state index >= 15 is 0 Å². The maximum Gasteiger partial charge on any atom is 0.257 e. The number of aromatic nitrogens is 4. The quantitative estimate of drug-likeness (QED) is 0.431. The zero-order chi connectivity index (χ0) is 23.2. The molecule has 0 aliphatic heterocycles. The number of nitrogens with zero attached hydrogens (tertiary/aromatic N) is 4. The van der Waals surface area contributed by atoms with Gasteiger partial charge < -0.3 is 16.2 Å². The van der Waals surface area contributed by atoms with Gasteiger partial charge in [-0.2, -0.15) is 5.10 Å². The predicted molar refractivity (Wildman–Crippen MR) is 120 cm³/mol. The molecule has 164 valence electrons. The summed E-state index contributed by atoms with van der Waals surface area (Å²) >= 11 is 5.81. The lowest BCUT2D eigenvalue weighted by atomic mass is 10.1. The summed E-state index contributed by atoms with van der Waals surface area (Å²) in [4.78, 5) is 21.1. The first-order valence-electron chi connectivity index (χ1n) is 9.69. The van der Waals surface area contributed by atoms with Gasteiger partial charge in [0.25, 0.3) is 5.91 Å². The standard InChI is InChI=1S/C22H20ClFN6O2/c1-10-6-16(28-22(32)20(31)13-7-14(23)9-15(24)8-13)4-5-17(10)30-19-18(11(2)29-30)26-12(3)27-21(19)25/h4-9,20,31H,1-3H3,(H,28,32)(H2,25,26,27). The topological polar surface area (TPSA) is 119 Å². The van der Waals surface area contributed by atoms with Gasteiger partial charge in [-0.25, -0.2) is 19.0 Å². The summed E-state index contributed by atoms with van der Waals surface area (Å²) in [5.74, 6) is -0.473. The minimum absolute atomic E-state index is 0.0603. The molecule has 0 aliphatic carbocycles. The van der Waals surface area contributed by atoms with Crippen molar-refractivity contribution in [2.24, 2.45) is 0 Å². The number of carbonyl (C=O) groups excluding carboxylic acids is 1. The summed E-state index contributed by atoms with van der Waals surface area (Å²) in [5.41, 5.74) is 10.2. The minimum Gasteiger partial charge on any atom is -0.382 e. The van der Waals surface area contributed by atoms with Crippen LogP contribution in [0, 0.1) is 26.6 Å². The summed E-state index contributed by atoms with van der Waals surface area (Å²) in [5, 5.41) is 17.6. The minimum atomic E-state index is -1.58. The first kappa shape index (κ1) is 21.7. The molecule has 2 aromatic carbocycles. The van der Waals surface area contributed by atoms with Crippen molar-refractivity contribution in [1.82, 2.24) is 19.7 Å². The van der Waals surface area contributed by atoms with Gasteiger partial charge in [0.1, 0.15) is 22.7 Å². The second-order valence-corrected chi connectivity index (χ2v) is 7.88. The molecule has 32 heavy (non-hydrogen) atoms. The van der Waals surface area contributed by atoms with E-state index in [9.17, 15) is 14.3 Å². The lowest BCUT2D eigenvalue weighted by molar-refractivity contribution is -0.124. The van der Waals surface area contributed by atoms with E-state index in [0.29, 0.717) is 34.1 Å². The van der Waals surface area contributed by atoms with Crippen molar-refractivity contribution in [2.75, 3.05) is 11.1 Å². The second-order valence-electron chi connectivity index (χ2n) is 7.45. The van der Waals surface area contributed by atoms with Crippen LogP contribution in [0.2, 0.25) is 5.02 Å². The Kier molecular flexibility index (Phi) is 5.53. The van der Waals surface area contributed by atoms with E-state index in [-0.39, 0.29) is 10.6 Å². The summed E-state index contributed by atoms with van der Waals surface area (Å²) < 4.78 is 15.2. The Balaban J connectivity index is 1.63. The fourth-order valence-electron chi connectivity index (χ4n) is 3.54. The zero-order valence-electron chi connectivity index (χ0n) is 17.5. The van der Waals surface area contributed by atoms with Crippen LogP contribution in [-0.4, -0.2) is 30.8 Å². The smallest absolute Gasteiger partial charge is 0.257 e. The number of anilines is 2. The second kappa shape index (κ2) is 8.18. The van der Waals surface area contributed by atoms with Gasteiger partial charge in [-0.3, -0.25) is 4.79 Å². The van der Waals surface area contributed by atoms with Gasteiger partial charge in [0.05, 0.1) is 11.4 Å². The van der Waals surface area contributed by atoms with Crippen LogP contribution in [0.3, 0.4) is 0 Å². The lowest BCUT2D eigenvalue weighted by Crippen LogP contribution is -2.21. The number of carbonyl (C=O) groups is 1. The molecule has 0 fully saturated rings. The van der Waals surface area contributed by atoms with Crippen LogP contribution in [0.4, 0.5) is 15.9 Å². The highest BCUT2D eigenvalue weighted by Gasteiger charge is 2.20. The first-order valence-corrected chi connectivity index (χ1v) is 10.1. The van der Waals surface area contributed by atoms with Crippen molar-refractivity contribution < 1.29 is 14.3 Å². The van der Waals surface area contributed by atoms with Crippen molar-refractivity contribution in [2.45, 2.75) is 26.9 Å². The number of nitrogens with two attached hydrogens (primary N) is 1. The van der Waals surface area contributed by atoms with Crippen LogP contribution in [0.25, 0.3) is 16.7 Å². The molecule has 8 nitrogen and oxygen atoms in total. The van der Waals surface area contributed by atoms with Gasteiger partial charge in [0.2, 0.25) is 0 Å². The number of rotatable bonds is 4. The molecule has 0 saturated heterocycles. The van der Waals surface area contributed by atoms with Crippen molar-refractivity contribution in [3.63, 3.8) is 0 Å². The molecule has 4 aromatic rings. The maximum absolute atomic E-state index is 13.5. The molecule has 2 heterocycles. The first-order chi connectivity index (χ1) is 15.1. The number of aliphatic hydroxyl groups excluding tert-OH is 1. The van der Waals surface area contributed by atoms with Crippen molar-refractivity contribution >= 4 is 40.0 Å². The van der Waals surface area contributed by atoms with E-state index in [2.05, 4.69) is 20.4 Å². The van der Waals surface area contributed by atoms with E-state index in [1.807, 2.05) is 13.8 Å². The van der Waals surface area contributed by atoms with Crippen LogP contribution < -0.4 is 11.1 Å². The fraction of sp³-hybridized carbons (Fsp3) is 0.182. The van der Waals surface area contributed by atoms with Crippen LogP contribution in [-0.2, 0) is 4.79 Å². The molecule has 1 unspecified atom stereocenters. The third-order valence-corrected chi connectivity index (χ3v) is 5.19. The number of halogens is 2. The lowest BCUT2D eigenvalue weighted by Gasteiger charge is -2.14. The van der Waals surface area contributed by atoms with Crippen molar-refractivity contribution in [3.05, 3.63) is 69.9 Å². The van der Waals surface area contributed by atoms with Crippen LogP contribution in [0.5, 0.6) is 0 Å². The number of benzene rings is 2. The van der Waals surface area contributed by atoms with Gasteiger partial charge in [-0.05, 0) is 68.3 Å². The average molecular weight is 455 g/mol. The summed E-state index contributed by atoms with van der Waals surface area (Å²) in [6.07, 6.45) is -1.58. The summed E-state index contributed by atoms with van der Waals surface area (Å²) in [6.45, 7) is 5.46. The molecule has 0 saturated carbocycles. The molecule has 4 rings (SSSR count). The molecular weight excluding hydrogens is 435 g/mol. The Bertz CT molecular complexity index is 1350. The van der Waals surface area contributed by atoms with Crippen LogP contribution in [0.15, 0.2) is 36.4 Å². The van der Waals surface area contributed by atoms with E-state index in [1.165, 1.54) is 6.07 Å². The summed E-state index contributed by atoms with van der Waals surface area (Å²) in [6, 6.07) is 8.65. The third-order valence-electron chi connectivity index (χ3n) is 4.97. The number of fused-ring (bicyclic) bond motifs is 1. The molecular formula is C22H20ClFN6O2. The fourth-order valence-corrected chi connectivity index (χ4v) is 3.77. The van der Waals surface area contributed by atoms with Gasteiger partial charge in [0, 0.05) is 10.7 Å². The number of nitrogen functional groups attached to an aromatic ring is 1.